The molecule has 0 N–H and O–H groups in total. The number of ketones is 2. The van der Waals surface area contributed by atoms with Crippen molar-refractivity contribution in [3.8, 4) is 0 Å². The van der Waals surface area contributed by atoms with Gasteiger partial charge in [0.25, 0.3) is 5.69 Å². The molecule has 0 aliphatic heterocycles. The average molecular weight is 437 g/mol. The first-order valence-corrected chi connectivity index (χ1v) is 10.4. The molecule has 164 valence electrons. The highest BCUT2D eigenvalue weighted by molar-refractivity contribution is 6.11. The molecule has 0 radical (unpaired) electrons. The van der Waals surface area contributed by atoms with Gasteiger partial charge in [-0.3, -0.25) is 19.7 Å². The molecule has 4 aromatic rings. The molecule has 0 aromatic heterocycles. The summed E-state index contributed by atoms with van der Waals surface area (Å²) in [4.78, 5) is 34.4. The Kier molecular flexibility index (Phi) is 7.60. The molecular weight excluding hydrogens is 414 g/mol. The maximum Gasteiger partial charge on any atom is 0.280 e. The van der Waals surface area contributed by atoms with Crippen LogP contribution in [0.2, 0.25) is 0 Å². The first kappa shape index (κ1) is 23.3. The van der Waals surface area contributed by atoms with Crippen LogP contribution < -0.4 is 0 Å². The Hall–Kier alpha value is -4.38. The smallest absolute Gasteiger partial charge is 0.280 e. The van der Waals surface area contributed by atoms with Gasteiger partial charge in [0.05, 0.1) is 4.92 Å². The van der Waals surface area contributed by atoms with Crippen molar-refractivity contribution in [3.63, 3.8) is 0 Å². The van der Waals surface area contributed by atoms with Crippen LogP contribution in [0.4, 0.5) is 5.69 Å². The third-order valence-corrected chi connectivity index (χ3v) is 5.01. The summed E-state index contributed by atoms with van der Waals surface area (Å²) in [5.41, 5.74) is 4.22. The van der Waals surface area contributed by atoms with E-state index in [9.17, 15) is 19.7 Å². The molecule has 33 heavy (non-hydrogen) atoms. The number of hydrogen-bond donors (Lipinski definition) is 0. The molecule has 5 nitrogen and oxygen atoms in total. The van der Waals surface area contributed by atoms with Gasteiger partial charge in [-0.05, 0) is 19.9 Å². The quantitative estimate of drug-likeness (QED) is 0.207. The van der Waals surface area contributed by atoms with Crippen molar-refractivity contribution in [2.45, 2.75) is 13.8 Å². The lowest BCUT2D eigenvalue weighted by molar-refractivity contribution is -0.385. The molecule has 0 aliphatic rings. The topological polar surface area (TPSA) is 77.3 Å². The van der Waals surface area contributed by atoms with Gasteiger partial charge >= 0.3 is 0 Å². The van der Waals surface area contributed by atoms with Gasteiger partial charge in [-0.15, -0.1) is 0 Å². The molecule has 0 amide bonds. The predicted octanol–water partition coefficient (Wildman–Crippen LogP) is 6.36. The zero-order chi connectivity index (χ0) is 23.8. The number of benzene rings is 4. The van der Waals surface area contributed by atoms with Crippen molar-refractivity contribution in [3.05, 3.63) is 147 Å². The fourth-order valence-electron chi connectivity index (χ4n) is 3.15. The van der Waals surface area contributed by atoms with Crippen LogP contribution in [0.15, 0.2) is 103 Å². The van der Waals surface area contributed by atoms with E-state index in [-0.39, 0.29) is 22.8 Å². The largest absolute Gasteiger partial charge is 0.289 e. The Labute approximate surface area is 192 Å². The van der Waals surface area contributed by atoms with Crippen molar-refractivity contribution in [2.24, 2.45) is 0 Å². The molecule has 0 unspecified atom stereocenters. The van der Waals surface area contributed by atoms with Gasteiger partial charge in [0, 0.05) is 22.8 Å². The van der Waals surface area contributed by atoms with E-state index in [0.717, 1.165) is 11.1 Å². The summed E-state index contributed by atoms with van der Waals surface area (Å²) >= 11 is 0. The highest BCUT2D eigenvalue weighted by Crippen LogP contribution is 2.21. The number of aryl methyl sites for hydroxylation is 2. The van der Waals surface area contributed by atoms with Crippen molar-refractivity contribution in [1.29, 1.82) is 0 Å². The lowest BCUT2D eigenvalue weighted by Gasteiger charge is -2.02. The maximum atomic E-state index is 12.1. The van der Waals surface area contributed by atoms with E-state index in [0.29, 0.717) is 5.56 Å². The molecule has 4 aromatic carbocycles. The fraction of sp³-hybridized carbons (Fsp3) is 0.0714. The van der Waals surface area contributed by atoms with Gasteiger partial charge in [-0.1, -0.05) is 102 Å². The third-order valence-electron chi connectivity index (χ3n) is 5.01. The minimum Gasteiger partial charge on any atom is -0.289 e. The zero-order valence-electron chi connectivity index (χ0n) is 18.4. The monoisotopic (exact) mass is 437 g/mol. The molecule has 0 saturated heterocycles. The van der Waals surface area contributed by atoms with E-state index in [4.69, 9.17) is 0 Å². The van der Waals surface area contributed by atoms with Gasteiger partial charge in [0.1, 0.15) is 5.56 Å². The molecule has 0 fully saturated rings. The summed E-state index contributed by atoms with van der Waals surface area (Å²) in [6.07, 6.45) is 0. The van der Waals surface area contributed by atoms with Gasteiger partial charge < -0.3 is 0 Å². The minimum absolute atomic E-state index is 0.0833. The molecule has 0 saturated carbocycles. The summed E-state index contributed by atoms with van der Waals surface area (Å²) < 4.78 is 0. The number of carbonyl (C=O) groups is 2. The molecule has 0 heterocycles. The van der Waals surface area contributed by atoms with Crippen molar-refractivity contribution in [2.75, 3.05) is 0 Å². The summed E-state index contributed by atoms with van der Waals surface area (Å²) in [6.45, 7) is 4.03. The Morgan fingerprint density at radius 2 is 1.00 bits per heavy atom. The van der Waals surface area contributed by atoms with Crippen LogP contribution in [-0.2, 0) is 0 Å². The zero-order valence-corrected chi connectivity index (χ0v) is 18.4. The summed E-state index contributed by atoms with van der Waals surface area (Å²) in [5, 5.41) is 10.8. The SMILES string of the molecule is Cc1ccc(C(=O)c2ccc(C)cc2)cc1.O=C(c1ccccc1)c1ccccc1[N+](=O)[O-]. The van der Waals surface area contributed by atoms with Gasteiger partial charge in [-0.25, -0.2) is 0 Å². The van der Waals surface area contributed by atoms with E-state index in [1.165, 1.54) is 23.3 Å². The standard InChI is InChI=1S/C15H14O.C13H9NO3/c1-11-3-7-13(8-4-11)15(16)14-9-5-12(2)6-10-14;15-13(10-6-2-1-3-7-10)11-8-4-5-9-12(11)14(16)17/h3-10H,1-2H3;1-9H. The third kappa shape index (κ3) is 6.08. The van der Waals surface area contributed by atoms with Crippen LogP contribution in [0, 0.1) is 24.0 Å². The number of rotatable bonds is 5. The Balaban J connectivity index is 0.000000186. The summed E-state index contributed by atoms with van der Waals surface area (Å²) in [7, 11) is 0. The maximum absolute atomic E-state index is 12.1. The van der Waals surface area contributed by atoms with Gasteiger partial charge in [0.15, 0.2) is 11.6 Å². The van der Waals surface area contributed by atoms with Crippen molar-refractivity contribution < 1.29 is 14.5 Å². The normalized spacial score (nSPS) is 10.0. The molecule has 4 rings (SSSR count). The minimum atomic E-state index is -0.545. The summed E-state index contributed by atoms with van der Waals surface area (Å²) in [6, 6.07) is 29.8. The van der Waals surface area contributed by atoms with Crippen LogP contribution in [0.1, 0.15) is 43.0 Å². The Morgan fingerprint density at radius 3 is 1.48 bits per heavy atom. The van der Waals surface area contributed by atoms with E-state index in [1.807, 2.05) is 62.4 Å². The average Bonchev–Trinajstić information content (AvgIpc) is 2.85. The fourth-order valence-corrected chi connectivity index (χ4v) is 3.15. The van der Waals surface area contributed by atoms with E-state index < -0.39 is 4.92 Å². The second kappa shape index (κ2) is 10.8. The van der Waals surface area contributed by atoms with Crippen molar-refractivity contribution in [1.82, 2.24) is 0 Å². The van der Waals surface area contributed by atoms with Crippen LogP contribution in [0.5, 0.6) is 0 Å². The first-order valence-electron chi connectivity index (χ1n) is 10.4. The van der Waals surface area contributed by atoms with Crippen molar-refractivity contribution >= 4 is 17.3 Å². The number of nitro groups is 1. The first-order chi connectivity index (χ1) is 15.9. The van der Waals surface area contributed by atoms with Gasteiger partial charge in [0.2, 0.25) is 0 Å². The Bertz CT molecular complexity index is 1210. The Morgan fingerprint density at radius 1 is 0.576 bits per heavy atom. The van der Waals surface area contributed by atoms with Crippen LogP contribution in [-0.4, -0.2) is 16.5 Å². The lowest BCUT2D eigenvalue weighted by Crippen LogP contribution is -2.04. The highest BCUT2D eigenvalue weighted by Gasteiger charge is 2.19. The number of hydrogen-bond acceptors (Lipinski definition) is 4. The molecule has 5 heteroatoms. The lowest BCUT2D eigenvalue weighted by atomic mass is 10.0. The van der Waals surface area contributed by atoms with Crippen LogP contribution >= 0.6 is 0 Å². The number of para-hydroxylation sites is 1. The van der Waals surface area contributed by atoms with Gasteiger partial charge in [-0.2, -0.15) is 0 Å². The molecule has 0 bridgehead atoms. The second-order valence-corrected chi connectivity index (χ2v) is 7.53. The van der Waals surface area contributed by atoms with E-state index >= 15 is 0 Å². The molecule has 0 aliphatic carbocycles. The number of nitro benzene ring substituents is 1. The second-order valence-electron chi connectivity index (χ2n) is 7.53. The molecule has 0 spiro atoms. The highest BCUT2D eigenvalue weighted by atomic mass is 16.6. The number of nitrogens with zero attached hydrogens (tertiary/aromatic N) is 1. The van der Waals surface area contributed by atoms with E-state index in [1.54, 1.807) is 42.5 Å². The van der Waals surface area contributed by atoms with E-state index in [2.05, 4.69) is 0 Å². The number of carbonyl (C=O) groups excluding carboxylic acids is 2. The summed E-state index contributed by atoms with van der Waals surface area (Å²) in [5.74, 6) is -0.252. The van der Waals surface area contributed by atoms with Crippen LogP contribution in [0.3, 0.4) is 0 Å². The molecular formula is C28H23NO4. The predicted molar refractivity (Wildman–Crippen MR) is 129 cm³/mol. The molecule has 0 atom stereocenters. The van der Waals surface area contributed by atoms with Crippen LogP contribution in [0.25, 0.3) is 0 Å².